The summed E-state index contributed by atoms with van der Waals surface area (Å²) in [4.78, 5) is 3.71. The standard InChI is InChI=1S/C24H18F4N4O2S/c1-14-3-10-22-19(11-14)20(12-29)23(32(22)17-6-4-16(25)5-7-17)21-9-8-18(13-30-21)35(33,34)31-15(2)24(26,27)28/h3-11,13,15,31H,1-2H3/t15-/m0/s1. The van der Waals surface area contributed by atoms with Gasteiger partial charge in [-0.2, -0.15) is 23.2 Å². The van der Waals surface area contributed by atoms with Crippen molar-refractivity contribution in [3.8, 4) is 23.1 Å². The molecule has 0 radical (unpaired) electrons. The molecule has 4 aromatic rings. The Morgan fingerprint density at radius 2 is 1.77 bits per heavy atom. The first-order valence-electron chi connectivity index (χ1n) is 10.3. The van der Waals surface area contributed by atoms with Crippen LogP contribution in [-0.4, -0.2) is 30.2 Å². The zero-order valence-electron chi connectivity index (χ0n) is 18.4. The fourth-order valence-electron chi connectivity index (χ4n) is 3.67. The topological polar surface area (TPSA) is 87.8 Å². The first-order chi connectivity index (χ1) is 16.4. The maximum absolute atomic E-state index is 13.6. The van der Waals surface area contributed by atoms with E-state index in [0.29, 0.717) is 29.2 Å². The summed E-state index contributed by atoms with van der Waals surface area (Å²) in [5.74, 6) is -0.448. The van der Waals surface area contributed by atoms with Gasteiger partial charge in [-0.15, -0.1) is 0 Å². The summed E-state index contributed by atoms with van der Waals surface area (Å²) in [7, 11) is -4.50. The molecule has 1 N–H and O–H groups in total. The molecule has 0 fully saturated rings. The number of pyridine rings is 1. The molecule has 0 saturated carbocycles. The minimum absolute atomic E-state index is 0.211. The van der Waals surface area contributed by atoms with E-state index in [1.165, 1.54) is 30.3 Å². The van der Waals surface area contributed by atoms with E-state index in [2.05, 4.69) is 11.1 Å². The van der Waals surface area contributed by atoms with Gasteiger partial charge in [0.05, 0.1) is 22.5 Å². The summed E-state index contributed by atoms with van der Waals surface area (Å²) in [6.45, 7) is 2.56. The maximum atomic E-state index is 13.6. The van der Waals surface area contributed by atoms with Gasteiger partial charge in [0.2, 0.25) is 10.0 Å². The molecule has 0 unspecified atom stereocenters. The first-order valence-corrected chi connectivity index (χ1v) is 11.8. The summed E-state index contributed by atoms with van der Waals surface area (Å²) in [5, 5.41) is 10.6. The van der Waals surface area contributed by atoms with E-state index in [0.717, 1.165) is 17.8 Å². The van der Waals surface area contributed by atoms with Crippen molar-refractivity contribution in [2.75, 3.05) is 0 Å². The number of rotatable bonds is 5. The van der Waals surface area contributed by atoms with Gasteiger partial charge in [-0.3, -0.25) is 4.98 Å². The molecule has 2 aromatic carbocycles. The first kappa shape index (κ1) is 24.4. The van der Waals surface area contributed by atoms with Crippen LogP contribution in [0.25, 0.3) is 28.0 Å². The fourth-order valence-corrected chi connectivity index (χ4v) is 4.84. The summed E-state index contributed by atoms with van der Waals surface area (Å²) in [6, 6.07) is 13.4. The van der Waals surface area contributed by atoms with Crippen LogP contribution in [0, 0.1) is 24.1 Å². The molecule has 11 heteroatoms. The molecular weight excluding hydrogens is 484 g/mol. The Morgan fingerprint density at radius 1 is 1.09 bits per heavy atom. The van der Waals surface area contributed by atoms with Crippen molar-refractivity contribution in [3.05, 3.63) is 77.7 Å². The zero-order chi connectivity index (χ0) is 25.5. The molecule has 0 aliphatic heterocycles. The quantitative estimate of drug-likeness (QED) is 0.378. The van der Waals surface area contributed by atoms with Gasteiger partial charge in [-0.1, -0.05) is 11.6 Å². The lowest BCUT2D eigenvalue weighted by Crippen LogP contribution is -2.42. The second-order valence-corrected chi connectivity index (χ2v) is 9.65. The van der Waals surface area contributed by atoms with Gasteiger partial charge in [0.15, 0.2) is 0 Å². The number of aryl methyl sites for hydroxylation is 1. The van der Waals surface area contributed by atoms with E-state index in [4.69, 9.17) is 0 Å². The minimum atomic E-state index is -4.75. The molecule has 2 heterocycles. The molecule has 0 bridgehead atoms. The van der Waals surface area contributed by atoms with Crippen LogP contribution >= 0.6 is 0 Å². The molecule has 0 aliphatic carbocycles. The largest absolute Gasteiger partial charge is 0.404 e. The van der Waals surface area contributed by atoms with E-state index >= 15 is 0 Å². The van der Waals surface area contributed by atoms with Crippen molar-refractivity contribution >= 4 is 20.9 Å². The average molecular weight is 502 g/mol. The summed E-state index contributed by atoms with van der Waals surface area (Å²) in [5.41, 5.74) is 2.89. The minimum Gasteiger partial charge on any atom is -0.307 e. The molecule has 0 aliphatic rings. The highest BCUT2D eigenvalue weighted by atomic mass is 32.2. The van der Waals surface area contributed by atoms with Crippen LogP contribution in [0.2, 0.25) is 0 Å². The number of sulfonamides is 1. The van der Waals surface area contributed by atoms with Gasteiger partial charge in [-0.05, 0) is 62.4 Å². The lowest BCUT2D eigenvalue weighted by atomic mass is 10.1. The number of alkyl halides is 3. The lowest BCUT2D eigenvalue weighted by molar-refractivity contribution is -0.147. The second-order valence-electron chi connectivity index (χ2n) is 7.93. The molecule has 0 spiro atoms. The van der Waals surface area contributed by atoms with Crippen LogP contribution in [0.3, 0.4) is 0 Å². The Morgan fingerprint density at radius 3 is 2.34 bits per heavy atom. The number of hydrogen-bond acceptors (Lipinski definition) is 4. The third-order valence-electron chi connectivity index (χ3n) is 5.43. The van der Waals surface area contributed by atoms with Crippen molar-refractivity contribution in [2.24, 2.45) is 0 Å². The van der Waals surface area contributed by atoms with Crippen molar-refractivity contribution in [1.29, 1.82) is 5.26 Å². The SMILES string of the molecule is Cc1ccc2c(c1)c(C#N)c(-c1ccc(S(=O)(=O)N[C@@H](C)C(F)(F)F)cn1)n2-c1ccc(F)cc1. The van der Waals surface area contributed by atoms with E-state index in [9.17, 15) is 31.2 Å². The number of benzene rings is 2. The summed E-state index contributed by atoms with van der Waals surface area (Å²) >= 11 is 0. The van der Waals surface area contributed by atoms with Gasteiger partial charge in [0.1, 0.15) is 22.8 Å². The van der Waals surface area contributed by atoms with E-state index in [1.807, 2.05) is 19.1 Å². The lowest BCUT2D eigenvalue weighted by Gasteiger charge is -2.17. The Balaban J connectivity index is 1.88. The highest BCUT2D eigenvalue weighted by molar-refractivity contribution is 7.89. The highest BCUT2D eigenvalue weighted by Gasteiger charge is 2.39. The third-order valence-corrected chi connectivity index (χ3v) is 6.96. The number of nitrogens with zero attached hydrogens (tertiary/aromatic N) is 3. The Labute approximate surface area is 198 Å². The van der Waals surface area contributed by atoms with Gasteiger partial charge >= 0.3 is 6.18 Å². The number of fused-ring (bicyclic) bond motifs is 1. The summed E-state index contributed by atoms with van der Waals surface area (Å²) < 4.78 is 80.2. The van der Waals surface area contributed by atoms with Crippen LogP contribution in [-0.2, 0) is 10.0 Å². The number of halogens is 4. The van der Waals surface area contributed by atoms with Crippen molar-refractivity contribution < 1.29 is 26.0 Å². The highest BCUT2D eigenvalue weighted by Crippen LogP contribution is 2.36. The smallest absolute Gasteiger partial charge is 0.307 e. The molecule has 0 amide bonds. The molecular formula is C24H18F4N4O2S. The summed E-state index contributed by atoms with van der Waals surface area (Å²) in [6.07, 6.45) is -3.82. The molecule has 6 nitrogen and oxygen atoms in total. The van der Waals surface area contributed by atoms with E-state index in [-0.39, 0.29) is 11.3 Å². The number of nitrogens with one attached hydrogen (secondary N) is 1. The zero-order valence-corrected chi connectivity index (χ0v) is 19.2. The van der Waals surface area contributed by atoms with Gasteiger partial charge in [0, 0.05) is 17.3 Å². The fraction of sp³-hybridized carbons (Fsp3) is 0.167. The van der Waals surface area contributed by atoms with Crippen LogP contribution in [0.1, 0.15) is 18.1 Å². The monoisotopic (exact) mass is 502 g/mol. The molecule has 1 atom stereocenters. The normalized spacial score (nSPS) is 13.1. The maximum Gasteiger partial charge on any atom is 0.404 e. The Hall–Kier alpha value is -3.75. The third kappa shape index (κ3) is 4.62. The molecule has 0 saturated heterocycles. The van der Waals surface area contributed by atoms with Crippen LogP contribution < -0.4 is 4.72 Å². The Bertz CT molecular complexity index is 1550. The van der Waals surface area contributed by atoms with E-state index in [1.54, 1.807) is 15.4 Å². The number of hydrogen-bond donors (Lipinski definition) is 1. The van der Waals surface area contributed by atoms with Crippen LogP contribution in [0.5, 0.6) is 0 Å². The molecule has 35 heavy (non-hydrogen) atoms. The number of nitriles is 1. The van der Waals surface area contributed by atoms with Gasteiger partial charge < -0.3 is 4.57 Å². The van der Waals surface area contributed by atoms with Gasteiger partial charge in [0.25, 0.3) is 0 Å². The predicted octanol–water partition coefficient (Wildman–Crippen LogP) is 5.24. The van der Waals surface area contributed by atoms with Crippen molar-refractivity contribution in [3.63, 3.8) is 0 Å². The van der Waals surface area contributed by atoms with Crippen LogP contribution in [0.4, 0.5) is 17.6 Å². The second kappa shape index (κ2) is 8.79. The molecule has 4 rings (SSSR count). The molecule has 2 aromatic heterocycles. The predicted molar refractivity (Wildman–Crippen MR) is 122 cm³/mol. The number of aromatic nitrogens is 2. The van der Waals surface area contributed by atoms with Crippen molar-refractivity contribution in [2.45, 2.75) is 31.0 Å². The van der Waals surface area contributed by atoms with Crippen molar-refractivity contribution in [1.82, 2.24) is 14.3 Å². The van der Waals surface area contributed by atoms with Crippen LogP contribution in [0.15, 0.2) is 65.7 Å². The average Bonchev–Trinajstić information content (AvgIpc) is 3.12. The molecule has 180 valence electrons. The Kier molecular flexibility index (Phi) is 6.12. The van der Waals surface area contributed by atoms with E-state index < -0.39 is 33.0 Å². The van der Waals surface area contributed by atoms with Gasteiger partial charge in [-0.25, -0.2) is 12.8 Å².